The number of alkyl halides is 3. The maximum Gasteiger partial charge on any atom is 0.411 e. The summed E-state index contributed by atoms with van der Waals surface area (Å²) in [4.78, 5) is 1.13. The Kier molecular flexibility index (Phi) is 8.14. The smallest absolute Gasteiger partial charge is 0.372 e. The molecule has 0 aliphatic carbocycles. The molecule has 6 heteroatoms. The van der Waals surface area contributed by atoms with Crippen molar-refractivity contribution < 1.29 is 17.9 Å². The van der Waals surface area contributed by atoms with E-state index in [0.717, 1.165) is 17.2 Å². The molecule has 21 heavy (non-hydrogen) atoms. The Labute approximate surface area is 128 Å². The number of hydrogen-bond donors (Lipinski definition) is 1. The van der Waals surface area contributed by atoms with Crippen molar-refractivity contribution in [2.75, 3.05) is 19.0 Å². The minimum absolute atomic E-state index is 0.140. The first-order chi connectivity index (χ1) is 9.87. The zero-order valence-electron chi connectivity index (χ0n) is 12.4. The van der Waals surface area contributed by atoms with Gasteiger partial charge in [0.2, 0.25) is 0 Å². The molecule has 0 saturated carbocycles. The number of ether oxygens (including phenoxy) is 1. The van der Waals surface area contributed by atoms with Crippen LogP contribution in [0.2, 0.25) is 0 Å². The Hall–Kier alpha value is -0.720. The Balaban J connectivity index is 2.21. The maximum atomic E-state index is 11.9. The van der Waals surface area contributed by atoms with Crippen LogP contribution in [0.5, 0.6) is 0 Å². The van der Waals surface area contributed by atoms with Crippen molar-refractivity contribution in [2.24, 2.45) is 0 Å². The number of hydrogen-bond acceptors (Lipinski definition) is 3. The van der Waals surface area contributed by atoms with Crippen molar-refractivity contribution >= 4 is 11.8 Å². The quantitative estimate of drug-likeness (QED) is 0.543. The molecule has 0 aliphatic rings. The van der Waals surface area contributed by atoms with Crippen LogP contribution in [0.4, 0.5) is 13.2 Å². The molecule has 0 aliphatic heterocycles. The minimum Gasteiger partial charge on any atom is -0.372 e. The second kappa shape index (κ2) is 9.33. The van der Waals surface area contributed by atoms with Crippen molar-refractivity contribution in [3.05, 3.63) is 29.8 Å². The average molecular weight is 321 g/mol. The number of benzene rings is 1. The molecule has 1 aromatic carbocycles. The summed E-state index contributed by atoms with van der Waals surface area (Å²) in [7, 11) is 0. The van der Waals surface area contributed by atoms with Gasteiger partial charge in [-0.3, -0.25) is 0 Å². The lowest BCUT2D eigenvalue weighted by Crippen LogP contribution is -2.21. The molecule has 1 aromatic rings. The van der Waals surface area contributed by atoms with Crippen LogP contribution in [0.15, 0.2) is 29.2 Å². The molecule has 0 spiro atoms. The number of thioether (sulfide) groups is 1. The molecule has 0 atom stereocenters. The first-order valence-electron chi connectivity index (χ1n) is 6.96. The number of rotatable bonds is 9. The van der Waals surface area contributed by atoms with Gasteiger partial charge in [0.1, 0.15) is 6.61 Å². The van der Waals surface area contributed by atoms with E-state index >= 15 is 0 Å². The first-order valence-corrected chi connectivity index (χ1v) is 7.95. The van der Waals surface area contributed by atoms with Crippen molar-refractivity contribution in [1.82, 2.24) is 5.32 Å². The topological polar surface area (TPSA) is 21.3 Å². The van der Waals surface area contributed by atoms with Crippen molar-refractivity contribution in [3.63, 3.8) is 0 Å². The van der Waals surface area contributed by atoms with Crippen LogP contribution in [0, 0.1) is 0 Å². The lowest BCUT2D eigenvalue weighted by molar-refractivity contribution is -0.173. The molecular weight excluding hydrogens is 299 g/mol. The summed E-state index contributed by atoms with van der Waals surface area (Å²) in [6, 6.07) is 8.62. The molecule has 2 nitrogen and oxygen atoms in total. The van der Waals surface area contributed by atoms with E-state index < -0.39 is 12.8 Å². The van der Waals surface area contributed by atoms with Gasteiger partial charge in [-0.25, -0.2) is 0 Å². The van der Waals surface area contributed by atoms with Gasteiger partial charge in [0.25, 0.3) is 0 Å². The number of halogens is 3. The lowest BCUT2D eigenvalue weighted by atomic mass is 10.2. The fourth-order valence-electron chi connectivity index (χ4n) is 1.61. The van der Waals surface area contributed by atoms with Crippen LogP contribution in [0.25, 0.3) is 0 Å². The van der Waals surface area contributed by atoms with E-state index in [0.29, 0.717) is 12.5 Å². The molecule has 1 rings (SSSR count). The highest BCUT2D eigenvalue weighted by atomic mass is 32.2. The standard InChI is InChI=1S/C15H22F3NOS/c1-12(2)19-10-13-5-3-6-14(9-13)21-8-4-7-20-11-15(16,17)18/h3,5-6,9,12,19H,4,7-8,10-11H2,1-2H3. The molecule has 0 heterocycles. The molecular formula is C15H22F3NOS. The maximum absolute atomic E-state index is 11.9. The van der Waals surface area contributed by atoms with Crippen LogP contribution in [0.3, 0.4) is 0 Å². The molecule has 0 aromatic heterocycles. The predicted octanol–water partition coefficient (Wildman–Crippen LogP) is 4.25. The summed E-state index contributed by atoms with van der Waals surface area (Å²) in [5, 5.41) is 3.35. The van der Waals surface area contributed by atoms with E-state index in [2.05, 4.69) is 36.0 Å². The highest BCUT2D eigenvalue weighted by molar-refractivity contribution is 7.99. The zero-order valence-corrected chi connectivity index (χ0v) is 13.2. The summed E-state index contributed by atoms with van der Waals surface area (Å²) < 4.78 is 40.2. The minimum atomic E-state index is -4.23. The lowest BCUT2D eigenvalue weighted by Gasteiger charge is -2.10. The second-order valence-electron chi connectivity index (χ2n) is 5.05. The van der Waals surface area contributed by atoms with Gasteiger partial charge in [0, 0.05) is 29.8 Å². The van der Waals surface area contributed by atoms with Gasteiger partial charge in [-0.15, -0.1) is 11.8 Å². The fourth-order valence-corrected chi connectivity index (χ4v) is 2.51. The van der Waals surface area contributed by atoms with E-state index in [1.807, 2.05) is 12.1 Å². The summed E-state index contributed by atoms with van der Waals surface area (Å²) in [5.41, 5.74) is 1.21. The Morgan fingerprint density at radius 1 is 1.29 bits per heavy atom. The summed E-state index contributed by atoms with van der Waals surface area (Å²) in [6.45, 7) is 4.00. The van der Waals surface area contributed by atoms with Crippen LogP contribution in [-0.4, -0.2) is 31.2 Å². The monoisotopic (exact) mass is 321 g/mol. The third-order valence-corrected chi connectivity index (χ3v) is 3.66. The highest BCUT2D eigenvalue weighted by Gasteiger charge is 2.27. The van der Waals surface area contributed by atoms with E-state index in [4.69, 9.17) is 0 Å². The molecule has 1 N–H and O–H groups in total. The van der Waals surface area contributed by atoms with E-state index in [1.165, 1.54) is 5.56 Å². The Morgan fingerprint density at radius 3 is 2.71 bits per heavy atom. The SMILES string of the molecule is CC(C)NCc1cccc(SCCCOCC(F)(F)F)c1. The molecule has 0 amide bonds. The normalized spacial score (nSPS) is 12.1. The van der Waals surface area contributed by atoms with Gasteiger partial charge in [-0.2, -0.15) is 13.2 Å². The highest BCUT2D eigenvalue weighted by Crippen LogP contribution is 2.20. The summed E-state index contributed by atoms with van der Waals surface area (Å²) in [5.74, 6) is 0.749. The van der Waals surface area contributed by atoms with E-state index in [1.54, 1.807) is 11.8 Å². The summed E-state index contributed by atoms with van der Waals surface area (Å²) >= 11 is 1.64. The number of nitrogens with one attached hydrogen (secondary N) is 1. The average Bonchev–Trinajstić information content (AvgIpc) is 2.40. The van der Waals surface area contributed by atoms with Gasteiger partial charge in [-0.05, 0) is 24.1 Å². The Bertz CT molecular complexity index is 410. The van der Waals surface area contributed by atoms with Crippen LogP contribution >= 0.6 is 11.8 Å². The van der Waals surface area contributed by atoms with E-state index in [-0.39, 0.29) is 6.61 Å². The van der Waals surface area contributed by atoms with Gasteiger partial charge >= 0.3 is 6.18 Å². The van der Waals surface area contributed by atoms with Gasteiger partial charge in [-0.1, -0.05) is 26.0 Å². The fraction of sp³-hybridized carbons (Fsp3) is 0.600. The van der Waals surface area contributed by atoms with Crippen LogP contribution in [0.1, 0.15) is 25.8 Å². The predicted molar refractivity (Wildman–Crippen MR) is 80.6 cm³/mol. The molecule has 0 fully saturated rings. The molecule has 0 saturated heterocycles. The van der Waals surface area contributed by atoms with Gasteiger partial charge < -0.3 is 10.1 Å². The van der Waals surface area contributed by atoms with E-state index in [9.17, 15) is 13.2 Å². The van der Waals surface area contributed by atoms with Crippen LogP contribution < -0.4 is 5.32 Å². The summed E-state index contributed by atoms with van der Waals surface area (Å²) in [6.07, 6.45) is -3.62. The second-order valence-corrected chi connectivity index (χ2v) is 6.22. The molecule has 0 unspecified atom stereocenters. The van der Waals surface area contributed by atoms with Crippen molar-refractivity contribution in [3.8, 4) is 0 Å². The van der Waals surface area contributed by atoms with Gasteiger partial charge in [0.05, 0.1) is 0 Å². The van der Waals surface area contributed by atoms with Crippen molar-refractivity contribution in [1.29, 1.82) is 0 Å². The first kappa shape index (κ1) is 18.3. The molecule has 120 valence electrons. The van der Waals surface area contributed by atoms with Crippen LogP contribution in [-0.2, 0) is 11.3 Å². The zero-order chi connectivity index (χ0) is 15.7. The van der Waals surface area contributed by atoms with Crippen molar-refractivity contribution in [2.45, 2.75) is 43.9 Å². The molecule has 0 bridgehead atoms. The third-order valence-electron chi connectivity index (χ3n) is 2.58. The third kappa shape index (κ3) is 9.77. The molecule has 0 radical (unpaired) electrons. The van der Waals surface area contributed by atoms with Gasteiger partial charge in [0.15, 0.2) is 0 Å². The Morgan fingerprint density at radius 2 is 2.05 bits per heavy atom. The largest absolute Gasteiger partial charge is 0.411 e.